The third kappa shape index (κ3) is 3.21. The minimum atomic E-state index is -0.144. The van der Waals surface area contributed by atoms with Crippen LogP contribution in [0.5, 0.6) is 0 Å². The second kappa shape index (κ2) is 6.52. The Morgan fingerprint density at radius 1 is 1.21 bits per heavy atom. The van der Waals surface area contributed by atoms with Crippen molar-refractivity contribution in [1.82, 2.24) is 19.7 Å². The summed E-state index contributed by atoms with van der Waals surface area (Å²) in [5, 5.41) is 4.45. The molecule has 0 aliphatic carbocycles. The predicted molar refractivity (Wildman–Crippen MR) is 97.5 cm³/mol. The van der Waals surface area contributed by atoms with Crippen molar-refractivity contribution >= 4 is 21.9 Å². The summed E-state index contributed by atoms with van der Waals surface area (Å²) in [6.07, 6.45) is 1.63. The van der Waals surface area contributed by atoms with E-state index in [1.165, 1.54) is 10.7 Å². The molecule has 7 heteroatoms. The minimum absolute atomic E-state index is 0.0403. The van der Waals surface area contributed by atoms with Crippen molar-refractivity contribution in [2.24, 2.45) is 0 Å². The minimum Gasteiger partial charge on any atom is -0.368 e. The Morgan fingerprint density at radius 3 is 2.71 bits per heavy atom. The van der Waals surface area contributed by atoms with Crippen molar-refractivity contribution in [2.75, 3.05) is 5.73 Å². The summed E-state index contributed by atoms with van der Waals surface area (Å²) in [6, 6.07) is 10.9. The fourth-order valence-corrected chi connectivity index (χ4v) is 2.78. The molecule has 0 aliphatic heterocycles. The zero-order valence-electron chi connectivity index (χ0n) is 13.3. The van der Waals surface area contributed by atoms with E-state index in [1.54, 1.807) is 12.3 Å². The van der Waals surface area contributed by atoms with E-state index in [9.17, 15) is 4.79 Å². The maximum atomic E-state index is 11.9. The van der Waals surface area contributed by atoms with Gasteiger partial charge in [0.05, 0.1) is 17.4 Å². The zero-order chi connectivity index (χ0) is 17.3. The smallest absolute Gasteiger partial charge is 0.267 e. The molecule has 122 valence electrons. The van der Waals surface area contributed by atoms with E-state index >= 15 is 0 Å². The van der Waals surface area contributed by atoms with E-state index < -0.39 is 0 Å². The van der Waals surface area contributed by atoms with Crippen LogP contribution >= 0.6 is 15.9 Å². The third-order valence-corrected chi connectivity index (χ3v) is 3.99. The topological polar surface area (TPSA) is 86.7 Å². The van der Waals surface area contributed by atoms with Crippen LogP contribution in [-0.4, -0.2) is 19.7 Å². The monoisotopic (exact) mass is 385 g/mol. The standard InChI is InChI=1S/C17H16BrN5O/c1-10(2)23-15(24)7-6-14(22-23)13-9-20-17(19)21-16(13)11-4-3-5-12(18)8-11/h3-10H,1-2H3,(H2,19,20,21). The Bertz CT molecular complexity index is 952. The van der Waals surface area contributed by atoms with Gasteiger partial charge in [-0.05, 0) is 32.0 Å². The number of hydrogen-bond acceptors (Lipinski definition) is 5. The van der Waals surface area contributed by atoms with Gasteiger partial charge in [-0.25, -0.2) is 14.6 Å². The van der Waals surface area contributed by atoms with Crippen molar-refractivity contribution in [1.29, 1.82) is 0 Å². The molecule has 0 aliphatic rings. The average molecular weight is 386 g/mol. The van der Waals surface area contributed by atoms with E-state index in [-0.39, 0.29) is 17.5 Å². The second-order valence-electron chi connectivity index (χ2n) is 5.60. The van der Waals surface area contributed by atoms with Gasteiger partial charge in [-0.3, -0.25) is 4.79 Å². The summed E-state index contributed by atoms with van der Waals surface area (Å²) in [4.78, 5) is 20.4. The van der Waals surface area contributed by atoms with Gasteiger partial charge in [0.15, 0.2) is 0 Å². The Morgan fingerprint density at radius 2 is 2.00 bits per heavy atom. The molecule has 2 heterocycles. The molecular weight excluding hydrogens is 370 g/mol. The number of halogens is 1. The summed E-state index contributed by atoms with van der Waals surface area (Å²) in [5.41, 5.74) is 8.53. The summed E-state index contributed by atoms with van der Waals surface area (Å²) in [7, 11) is 0. The van der Waals surface area contributed by atoms with E-state index in [2.05, 4.69) is 31.0 Å². The molecule has 24 heavy (non-hydrogen) atoms. The molecule has 3 aromatic rings. The Kier molecular flexibility index (Phi) is 4.44. The molecule has 0 spiro atoms. The first-order valence-corrected chi connectivity index (χ1v) is 8.23. The van der Waals surface area contributed by atoms with Gasteiger partial charge in [0.25, 0.3) is 5.56 Å². The van der Waals surface area contributed by atoms with Crippen molar-refractivity contribution in [3.05, 3.63) is 57.4 Å². The van der Waals surface area contributed by atoms with Crippen molar-refractivity contribution in [3.8, 4) is 22.5 Å². The lowest BCUT2D eigenvalue weighted by atomic mass is 10.0. The maximum absolute atomic E-state index is 11.9. The molecule has 0 unspecified atom stereocenters. The first-order chi connectivity index (χ1) is 11.5. The van der Waals surface area contributed by atoms with Crippen LogP contribution in [0, 0.1) is 0 Å². The quantitative estimate of drug-likeness (QED) is 0.747. The van der Waals surface area contributed by atoms with E-state index in [0.717, 1.165) is 15.6 Å². The van der Waals surface area contributed by atoms with Crippen LogP contribution in [0.1, 0.15) is 19.9 Å². The average Bonchev–Trinajstić information content (AvgIpc) is 2.55. The summed E-state index contributed by atoms with van der Waals surface area (Å²) < 4.78 is 2.37. The van der Waals surface area contributed by atoms with Crippen molar-refractivity contribution < 1.29 is 0 Å². The van der Waals surface area contributed by atoms with Gasteiger partial charge < -0.3 is 5.73 Å². The molecule has 0 saturated heterocycles. The predicted octanol–water partition coefficient (Wildman–Crippen LogP) is 3.29. The van der Waals surface area contributed by atoms with Crippen LogP contribution in [0.2, 0.25) is 0 Å². The van der Waals surface area contributed by atoms with Gasteiger partial charge in [0.1, 0.15) is 0 Å². The maximum Gasteiger partial charge on any atom is 0.267 e. The molecule has 0 bridgehead atoms. The Hall–Kier alpha value is -2.54. The second-order valence-corrected chi connectivity index (χ2v) is 6.51. The van der Waals surface area contributed by atoms with Gasteiger partial charge in [-0.15, -0.1) is 0 Å². The van der Waals surface area contributed by atoms with Crippen LogP contribution < -0.4 is 11.3 Å². The lowest BCUT2D eigenvalue weighted by Crippen LogP contribution is -2.24. The number of aromatic nitrogens is 4. The Labute approximate surface area is 147 Å². The van der Waals surface area contributed by atoms with Gasteiger partial charge in [0.2, 0.25) is 5.95 Å². The normalized spacial score (nSPS) is 11.0. The van der Waals surface area contributed by atoms with Gasteiger partial charge in [-0.2, -0.15) is 5.10 Å². The first-order valence-electron chi connectivity index (χ1n) is 7.44. The number of nitrogens with zero attached hydrogens (tertiary/aromatic N) is 4. The van der Waals surface area contributed by atoms with E-state index in [4.69, 9.17) is 5.73 Å². The number of benzene rings is 1. The number of hydrogen-bond donors (Lipinski definition) is 1. The fourth-order valence-electron chi connectivity index (χ4n) is 2.38. The molecular formula is C17H16BrN5O. The molecule has 0 fully saturated rings. The molecule has 0 atom stereocenters. The van der Waals surface area contributed by atoms with Crippen LogP contribution in [-0.2, 0) is 0 Å². The molecule has 3 rings (SSSR count). The fraction of sp³-hybridized carbons (Fsp3) is 0.176. The zero-order valence-corrected chi connectivity index (χ0v) is 14.9. The highest BCUT2D eigenvalue weighted by Crippen LogP contribution is 2.30. The van der Waals surface area contributed by atoms with E-state index in [0.29, 0.717) is 11.4 Å². The molecule has 0 radical (unpaired) electrons. The highest BCUT2D eigenvalue weighted by Gasteiger charge is 2.14. The third-order valence-electron chi connectivity index (χ3n) is 3.50. The molecule has 6 nitrogen and oxygen atoms in total. The first kappa shape index (κ1) is 16.3. The van der Waals surface area contributed by atoms with Crippen LogP contribution in [0.4, 0.5) is 5.95 Å². The van der Waals surface area contributed by atoms with Gasteiger partial charge >= 0.3 is 0 Å². The summed E-state index contributed by atoms with van der Waals surface area (Å²) >= 11 is 3.46. The number of anilines is 1. The molecule has 0 amide bonds. The number of nitrogen functional groups attached to an aromatic ring is 1. The van der Waals surface area contributed by atoms with Crippen LogP contribution in [0.3, 0.4) is 0 Å². The van der Waals surface area contributed by atoms with Crippen molar-refractivity contribution in [3.63, 3.8) is 0 Å². The highest BCUT2D eigenvalue weighted by atomic mass is 79.9. The van der Waals surface area contributed by atoms with Crippen molar-refractivity contribution in [2.45, 2.75) is 19.9 Å². The number of rotatable bonds is 3. The molecule has 0 saturated carbocycles. The van der Waals surface area contributed by atoms with E-state index in [1.807, 2.05) is 38.1 Å². The number of nitrogens with two attached hydrogens (primary N) is 1. The molecule has 2 N–H and O–H groups in total. The van der Waals surface area contributed by atoms with Gasteiger partial charge in [0, 0.05) is 27.9 Å². The highest BCUT2D eigenvalue weighted by molar-refractivity contribution is 9.10. The van der Waals surface area contributed by atoms with Crippen LogP contribution in [0.15, 0.2) is 51.9 Å². The summed E-state index contributed by atoms with van der Waals surface area (Å²) in [6.45, 7) is 3.82. The molecule has 1 aromatic carbocycles. The SMILES string of the molecule is CC(C)n1nc(-c2cnc(N)nc2-c2cccc(Br)c2)ccc1=O. The van der Waals surface area contributed by atoms with Crippen LogP contribution in [0.25, 0.3) is 22.5 Å². The van der Waals surface area contributed by atoms with Gasteiger partial charge in [-0.1, -0.05) is 28.1 Å². The lowest BCUT2D eigenvalue weighted by molar-refractivity contribution is 0.505. The summed E-state index contributed by atoms with van der Waals surface area (Å²) in [5.74, 6) is 0.186. The molecule has 2 aromatic heterocycles. The largest absolute Gasteiger partial charge is 0.368 e. The lowest BCUT2D eigenvalue weighted by Gasteiger charge is -2.12. The Balaban J connectivity index is 2.23.